The van der Waals surface area contributed by atoms with Crippen LogP contribution in [0.3, 0.4) is 0 Å². The van der Waals surface area contributed by atoms with Crippen LogP contribution >= 0.6 is 27.5 Å². The van der Waals surface area contributed by atoms with E-state index in [1.807, 2.05) is 0 Å². The molecule has 2 rings (SSSR count). The summed E-state index contributed by atoms with van der Waals surface area (Å²) in [6, 6.07) is 2.23. The van der Waals surface area contributed by atoms with Crippen molar-refractivity contribution in [2.45, 2.75) is 6.18 Å². The molecule has 0 bridgehead atoms. The summed E-state index contributed by atoms with van der Waals surface area (Å²) < 4.78 is 38.6. The van der Waals surface area contributed by atoms with Crippen LogP contribution in [0.4, 0.5) is 13.2 Å². The fraction of sp³-hybridized carbons (Fsp3) is 0.125. The lowest BCUT2D eigenvalue weighted by Gasteiger charge is -2.06. The van der Waals surface area contributed by atoms with Crippen molar-refractivity contribution in [1.29, 1.82) is 0 Å². The number of fused-ring (bicyclic) bond motifs is 1. The molecule has 2 aromatic heterocycles. The number of rotatable bonds is 0. The van der Waals surface area contributed by atoms with Gasteiger partial charge in [-0.3, -0.25) is 4.40 Å². The van der Waals surface area contributed by atoms with Gasteiger partial charge in [-0.05, 0) is 28.1 Å². The molecule has 0 N–H and O–H groups in total. The predicted molar refractivity (Wildman–Crippen MR) is 52.9 cm³/mol. The highest BCUT2D eigenvalue weighted by atomic mass is 79.9. The first-order valence-electron chi connectivity index (χ1n) is 3.80. The van der Waals surface area contributed by atoms with Gasteiger partial charge in [0.05, 0.1) is 5.56 Å². The SMILES string of the molecule is FC(F)(F)c1ccc2nc(Br)c(Cl)n2c1. The highest BCUT2D eigenvalue weighted by Crippen LogP contribution is 2.31. The van der Waals surface area contributed by atoms with Crippen LogP contribution in [0.2, 0.25) is 5.15 Å². The minimum atomic E-state index is -4.38. The number of halogens is 5. The molecule has 7 heteroatoms. The van der Waals surface area contributed by atoms with Crippen LogP contribution in [0.25, 0.3) is 5.65 Å². The molecule has 2 aromatic rings. The van der Waals surface area contributed by atoms with E-state index in [1.54, 1.807) is 0 Å². The normalized spacial score (nSPS) is 12.3. The molecule has 0 spiro atoms. The quantitative estimate of drug-likeness (QED) is 0.724. The summed E-state index contributed by atoms with van der Waals surface area (Å²) in [6.45, 7) is 0. The number of aromatic nitrogens is 2. The Hall–Kier alpha value is -0.750. The average Bonchev–Trinajstić information content (AvgIpc) is 2.41. The molecule has 0 aliphatic carbocycles. The fourth-order valence-corrected chi connectivity index (χ4v) is 1.71. The summed E-state index contributed by atoms with van der Waals surface area (Å²) in [5, 5.41) is 0.121. The van der Waals surface area contributed by atoms with Crippen LogP contribution in [0.5, 0.6) is 0 Å². The van der Waals surface area contributed by atoms with Crippen molar-refractivity contribution in [3.05, 3.63) is 33.6 Å². The van der Waals surface area contributed by atoms with Crippen molar-refractivity contribution < 1.29 is 13.2 Å². The molecular formula is C8H3BrClF3N2. The van der Waals surface area contributed by atoms with E-state index in [1.165, 1.54) is 10.5 Å². The Balaban J connectivity index is 2.70. The van der Waals surface area contributed by atoms with Gasteiger partial charge in [0.25, 0.3) is 0 Å². The highest BCUT2D eigenvalue weighted by Gasteiger charge is 2.31. The highest BCUT2D eigenvalue weighted by molar-refractivity contribution is 9.10. The lowest BCUT2D eigenvalue weighted by molar-refractivity contribution is -0.137. The Labute approximate surface area is 95.8 Å². The number of nitrogens with zero attached hydrogens (tertiary/aromatic N) is 2. The minimum Gasteiger partial charge on any atom is -0.289 e. The van der Waals surface area contributed by atoms with Crippen molar-refractivity contribution >= 4 is 33.2 Å². The van der Waals surface area contributed by atoms with Gasteiger partial charge in [0.1, 0.15) is 15.4 Å². The van der Waals surface area contributed by atoms with Crippen LogP contribution in [0.15, 0.2) is 22.9 Å². The first-order chi connectivity index (χ1) is 6.89. The van der Waals surface area contributed by atoms with E-state index in [9.17, 15) is 13.2 Å². The zero-order valence-corrected chi connectivity index (χ0v) is 9.36. The molecule has 80 valence electrons. The summed E-state index contributed by atoms with van der Waals surface area (Å²) in [4.78, 5) is 3.92. The lowest BCUT2D eigenvalue weighted by atomic mass is 10.3. The first-order valence-corrected chi connectivity index (χ1v) is 4.97. The molecule has 0 saturated carbocycles. The Kier molecular flexibility index (Phi) is 2.42. The maximum absolute atomic E-state index is 12.4. The molecule has 2 heterocycles. The van der Waals surface area contributed by atoms with Gasteiger partial charge in [-0.15, -0.1) is 0 Å². The van der Waals surface area contributed by atoms with Gasteiger partial charge in [0.2, 0.25) is 0 Å². The summed E-state index contributed by atoms with van der Waals surface area (Å²) in [6.07, 6.45) is -3.47. The van der Waals surface area contributed by atoms with E-state index >= 15 is 0 Å². The van der Waals surface area contributed by atoms with Gasteiger partial charge in [0, 0.05) is 6.20 Å². The van der Waals surface area contributed by atoms with Crippen molar-refractivity contribution in [2.75, 3.05) is 0 Å². The summed E-state index contributed by atoms with van der Waals surface area (Å²) >= 11 is 8.79. The zero-order chi connectivity index (χ0) is 11.2. The zero-order valence-electron chi connectivity index (χ0n) is 7.02. The molecule has 0 aliphatic rings. The molecule has 0 unspecified atom stereocenters. The Morgan fingerprint density at radius 3 is 2.60 bits per heavy atom. The monoisotopic (exact) mass is 298 g/mol. The molecule has 0 amide bonds. The minimum absolute atomic E-state index is 0.121. The first kappa shape index (κ1) is 10.8. The lowest BCUT2D eigenvalue weighted by Crippen LogP contribution is -2.06. The van der Waals surface area contributed by atoms with E-state index in [0.717, 1.165) is 12.3 Å². The largest absolute Gasteiger partial charge is 0.417 e. The van der Waals surface area contributed by atoms with Crippen LogP contribution in [-0.2, 0) is 6.18 Å². The van der Waals surface area contributed by atoms with E-state index in [4.69, 9.17) is 11.6 Å². The third-order valence-electron chi connectivity index (χ3n) is 1.85. The van der Waals surface area contributed by atoms with Crippen molar-refractivity contribution in [2.24, 2.45) is 0 Å². The molecule has 0 atom stereocenters. The number of hydrogen-bond donors (Lipinski definition) is 0. The summed E-state index contributed by atoms with van der Waals surface area (Å²) in [5.41, 5.74) is -0.401. The second-order valence-electron chi connectivity index (χ2n) is 2.84. The molecule has 0 aromatic carbocycles. The van der Waals surface area contributed by atoms with E-state index < -0.39 is 11.7 Å². The molecule has 0 radical (unpaired) electrons. The Morgan fingerprint density at radius 1 is 1.33 bits per heavy atom. The number of alkyl halides is 3. The topological polar surface area (TPSA) is 17.3 Å². The summed E-state index contributed by atoms with van der Waals surface area (Å²) in [7, 11) is 0. The van der Waals surface area contributed by atoms with Crippen LogP contribution in [0.1, 0.15) is 5.56 Å². The number of pyridine rings is 1. The van der Waals surface area contributed by atoms with Crippen molar-refractivity contribution in [3.63, 3.8) is 0 Å². The maximum Gasteiger partial charge on any atom is 0.417 e. The van der Waals surface area contributed by atoms with Gasteiger partial charge >= 0.3 is 6.18 Å². The molecule has 0 aliphatic heterocycles. The third-order valence-corrected chi connectivity index (χ3v) is 2.99. The van der Waals surface area contributed by atoms with Gasteiger partial charge in [-0.2, -0.15) is 13.2 Å². The maximum atomic E-state index is 12.4. The van der Waals surface area contributed by atoms with Gasteiger partial charge < -0.3 is 0 Å². The summed E-state index contributed by atoms with van der Waals surface area (Å²) in [5.74, 6) is 0. The second kappa shape index (κ2) is 3.38. The molecule has 0 saturated heterocycles. The third kappa shape index (κ3) is 1.83. The second-order valence-corrected chi connectivity index (χ2v) is 3.95. The van der Waals surface area contributed by atoms with Crippen molar-refractivity contribution in [3.8, 4) is 0 Å². The van der Waals surface area contributed by atoms with Crippen molar-refractivity contribution in [1.82, 2.24) is 9.38 Å². The van der Waals surface area contributed by atoms with E-state index in [2.05, 4.69) is 20.9 Å². The van der Waals surface area contributed by atoms with Gasteiger partial charge in [0.15, 0.2) is 0 Å². The van der Waals surface area contributed by atoms with Crippen LogP contribution in [0, 0.1) is 0 Å². The smallest absolute Gasteiger partial charge is 0.289 e. The predicted octanol–water partition coefficient (Wildman–Crippen LogP) is 3.77. The molecule has 0 fully saturated rings. The Bertz CT molecular complexity index is 520. The Morgan fingerprint density at radius 2 is 2.00 bits per heavy atom. The van der Waals surface area contributed by atoms with Gasteiger partial charge in [-0.1, -0.05) is 11.6 Å². The standard InChI is InChI=1S/C8H3BrClF3N2/c9-6-7(10)15-3-4(8(11,12)13)1-2-5(15)14-6/h1-3H. The van der Waals surface area contributed by atoms with Crippen LogP contribution < -0.4 is 0 Å². The molecule has 15 heavy (non-hydrogen) atoms. The average molecular weight is 299 g/mol. The van der Waals surface area contributed by atoms with Crippen LogP contribution in [-0.4, -0.2) is 9.38 Å². The molecular weight excluding hydrogens is 296 g/mol. The fourth-order valence-electron chi connectivity index (χ4n) is 1.16. The number of hydrogen-bond acceptors (Lipinski definition) is 1. The van der Waals surface area contributed by atoms with E-state index in [0.29, 0.717) is 10.3 Å². The number of imidazole rings is 1. The molecule has 2 nitrogen and oxygen atoms in total. The van der Waals surface area contributed by atoms with Gasteiger partial charge in [-0.25, -0.2) is 4.98 Å². The van der Waals surface area contributed by atoms with E-state index in [-0.39, 0.29) is 5.15 Å².